The maximum atomic E-state index is 11.5. The maximum Gasteiger partial charge on any atom is 0.164 e. The van der Waals surface area contributed by atoms with Crippen molar-refractivity contribution in [2.24, 2.45) is 10.8 Å². The summed E-state index contributed by atoms with van der Waals surface area (Å²) in [5.74, 6) is 0.104. The molecular weight excluding hydrogens is 587 g/mol. The Bertz CT molecular complexity index is 1150. The van der Waals surface area contributed by atoms with E-state index < -0.39 is 5.41 Å². The van der Waals surface area contributed by atoms with Crippen LogP contribution in [-0.4, -0.2) is 15.9 Å². The van der Waals surface area contributed by atoms with E-state index in [0.29, 0.717) is 0 Å². The van der Waals surface area contributed by atoms with Gasteiger partial charge in [-0.3, -0.25) is 4.79 Å². The average molecular weight is 623 g/mol. The zero-order valence-corrected chi connectivity index (χ0v) is 23.6. The zero-order chi connectivity index (χ0) is 24.3. The fourth-order valence-corrected chi connectivity index (χ4v) is 3.10. The molecule has 1 N–H and O–H groups in total. The van der Waals surface area contributed by atoms with Crippen LogP contribution in [0.2, 0.25) is 0 Å². The third kappa shape index (κ3) is 7.62. The zero-order valence-electron chi connectivity index (χ0n) is 21.3. The van der Waals surface area contributed by atoms with Gasteiger partial charge in [0.05, 0.1) is 0 Å². The van der Waals surface area contributed by atoms with Gasteiger partial charge in [0.25, 0.3) is 0 Å². The minimum atomic E-state index is -0.417. The van der Waals surface area contributed by atoms with E-state index in [-0.39, 0.29) is 37.1 Å². The van der Waals surface area contributed by atoms with Gasteiger partial charge >= 0.3 is 0 Å². The van der Waals surface area contributed by atoms with Crippen LogP contribution in [0, 0.1) is 37.7 Å². The molecule has 3 aromatic rings. The van der Waals surface area contributed by atoms with Gasteiger partial charge in [0.1, 0.15) is 5.76 Å². The number of allylic oxidation sites excluding steroid dienone is 2. The monoisotopic (exact) mass is 623 g/mol. The molecule has 0 atom stereocenters. The molecule has 33 heavy (non-hydrogen) atoms. The molecular formula is C29H36IrNO2-. The molecule has 0 saturated heterocycles. The van der Waals surface area contributed by atoms with Crippen molar-refractivity contribution in [1.29, 1.82) is 0 Å². The van der Waals surface area contributed by atoms with Crippen molar-refractivity contribution >= 4 is 16.6 Å². The summed E-state index contributed by atoms with van der Waals surface area (Å²) in [6.45, 7) is 17.4. The Kier molecular flexibility index (Phi) is 9.78. The number of ketones is 1. The minimum Gasteiger partial charge on any atom is -0.512 e. The molecule has 0 unspecified atom stereocenters. The molecule has 0 amide bonds. The number of aromatic nitrogens is 1. The van der Waals surface area contributed by atoms with E-state index in [1.54, 1.807) is 0 Å². The number of rotatable bonds is 2. The second-order valence-electron chi connectivity index (χ2n) is 10.5. The van der Waals surface area contributed by atoms with Crippen LogP contribution in [-0.2, 0) is 24.9 Å². The quantitative estimate of drug-likeness (QED) is 0.181. The van der Waals surface area contributed by atoms with Gasteiger partial charge in [-0.05, 0) is 29.0 Å². The number of hydrogen-bond donors (Lipinski definition) is 1. The number of pyridine rings is 1. The van der Waals surface area contributed by atoms with Crippen molar-refractivity contribution in [1.82, 2.24) is 4.98 Å². The normalized spacial score (nSPS) is 12.0. The Hall–Kier alpha value is -2.29. The van der Waals surface area contributed by atoms with Crippen LogP contribution in [0.4, 0.5) is 0 Å². The molecule has 4 heteroatoms. The summed E-state index contributed by atoms with van der Waals surface area (Å²) in [6, 6.07) is 16.0. The number of hydrogen-bond acceptors (Lipinski definition) is 3. The van der Waals surface area contributed by atoms with E-state index in [1.807, 2.05) is 53.8 Å². The standard InChI is InChI=1S/C18H16N.C11H20O2.Ir/c1-12-8-9-16(13(2)10-12)18-17-7-5-4-6-15(17)14(3)11-19-18;1-10(2,3)8(12)7-9(13)11(4,5)6;/h4-8,10-11H,1-3H3;7,12H,1-6H3;/q-1;;/b;8-7-;. The predicted octanol–water partition coefficient (Wildman–Crippen LogP) is 7.71. The topological polar surface area (TPSA) is 50.2 Å². The van der Waals surface area contributed by atoms with Gasteiger partial charge in [0, 0.05) is 43.2 Å². The molecule has 1 heterocycles. The second-order valence-corrected chi connectivity index (χ2v) is 10.5. The van der Waals surface area contributed by atoms with Crippen LogP contribution in [0.3, 0.4) is 0 Å². The van der Waals surface area contributed by atoms with Crippen molar-refractivity contribution < 1.29 is 30.0 Å². The summed E-state index contributed by atoms with van der Waals surface area (Å²) in [6.07, 6.45) is 3.28. The Balaban J connectivity index is 0.000000346. The fourth-order valence-electron chi connectivity index (χ4n) is 3.10. The molecule has 0 spiro atoms. The largest absolute Gasteiger partial charge is 0.512 e. The van der Waals surface area contributed by atoms with Crippen LogP contribution in [0.1, 0.15) is 58.2 Å². The Labute approximate surface area is 212 Å². The van der Waals surface area contributed by atoms with Crippen molar-refractivity contribution in [3.05, 3.63) is 77.2 Å². The summed E-state index contributed by atoms with van der Waals surface area (Å²) < 4.78 is 0. The van der Waals surface area contributed by atoms with Gasteiger partial charge < -0.3 is 10.1 Å². The molecule has 0 saturated carbocycles. The van der Waals surface area contributed by atoms with Gasteiger partial charge in [0.15, 0.2) is 5.78 Å². The van der Waals surface area contributed by atoms with Crippen LogP contribution >= 0.6 is 0 Å². The van der Waals surface area contributed by atoms with Crippen molar-refractivity contribution in [3.8, 4) is 11.3 Å². The number of nitrogens with zero attached hydrogens (tertiary/aromatic N) is 1. The molecule has 0 aliphatic rings. The van der Waals surface area contributed by atoms with Gasteiger partial charge in [-0.2, -0.15) is 0 Å². The van der Waals surface area contributed by atoms with Gasteiger partial charge in [-0.15, -0.1) is 34.9 Å². The molecule has 3 rings (SSSR count). The SMILES string of the molecule is CC(C)(C)C(=O)/C=C(\O)C(C)(C)C.Cc1c[c-]c(-c2ncc(C)c3ccccc23)c(C)c1.[Ir]. The number of aryl methyl sites for hydroxylation is 3. The number of aliphatic hydroxyl groups excluding tert-OH is 1. The molecule has 1 radical (unpaired) electrons. The summed E-state index contributed by atoms with van der Waals surface area (Å²) in [5, 5.41) is 12.0. The van der Waals surface area contributed by atoms with Gasteiger partial charge in [0.2, 0.25) is 0 Å². The number of fused-ring (bicyclic) bond motifs is 1. The molecule has 0 fully saturated rings. The molecule has 2 aromatic carbocycles. The first-order chi connectivity index (χ1) is 14.7. The van der Waals surface area contributed by atoms with E-state index in [2.05, 4.69) is 62.2 Å². The Morgan fingerprint density at radius 1 is 0.939 bits per heavy atom. The van der Waals surface area contributed by atoms with Crippen LogP contribution < -0.4 is 0 Å². The predicted molar refractivity (Wildman–Crippen MR) is 135 cm³/mol. The number of carbonyl (C=O) groups is 1. The van der Waals surface area contributed by atoms with Crippen molar-refractivity contribution in [3.63, 3.8) is 0 Å². The molecule has 3 nitrogen and oxygen atoms in total. The van der Waals surface area contributed by atoms with Crippen molar-refractivity contribution in [2.45, 2.75) is 62.3 Å². The molecule has 0 aliphatic carbocycles. The minimum absolute atomic E-state index is 0. The van der Waals surface area contributed by atoms with E-state index in [9.17, 15) is 9.90 Å². The average Bonchev–Trinajstić information content (AvgIpc) is 2.68. The van der Waals surface area contributed by atoms with Crippen LogP contribution in [0.15, 0.2) is 54.4 Å². The van der Waals surface area contributed by atoms with Gasteiger partial charge in [-0.1, -0.05) is 79.7 Å². The summed E-state index contributed by atoms with van der Waals surface area (Å²) in [4.78, 5) is 16.1. The van der Waals surface area contributed by atoms with Crippen LogP contribution in [0.5, 0.6) is 0 Å². The maximum absolute atomic E-state index is 11.5. The molecule has 1 aromatic heterocycles. The van der Waals surface area contributed by atoms with E-state index >= 15 is 0 Å². The third-order valence-electron chi connectivity index (χ3n) is 5.29. The van der Waals surface area contributed by atoms with E-state index in [4.69, 9.17) is 0 Å². The van der Waals surface area contributed by atoms with Crippen LogP contribution in [0.25, 0.3) is 22.0 Å². The van der Waals surface area contributed by atoms with E-state index in [0.717, 1.165) is 11.3 Å². The van der Waals surface area contributed by atoms with Gasteiger partial charge in [-0.25, -0.2) is 0 Å². The number of aliphatic hydroxyl groups is 1. The summed E-state index contributed by atoms with van der Waals surface area (Å²) in [7, 11) is 0. The number of carbonyl (C=O) groups excluding carboxylic acids is 1. The summed E-state index contributed by atoms with van der Waals surface area (Å²) in [5.41, 5.74) is 5.03. The molecule has 179 valence electrons. The Morgan fingerprint density at radius 3 is 2.03 bits per heavy atom. The van der Waals surface area contributed by atoms with E-state index in [1.165, 1.54) is 33.5 Å². The van der Waals surface area contributed by atoms with Crippen molar-refractivity contribution in [2.75, 3.05) is 0 Å². The smallest absolute Gasteiger partial charge is 0.164 e. The molecule has 0 bridgehead atoms. The first-order valence-electron chi connectivity index (χ1n) is 11.0. The fraction of sp³-hybridized carbons (Fsp3) is 0.379. The second kappa shape index (κ2) is 11.2. The number of benzene rings is 2. The third-order valence-corrected chi connectivity index (χ3v) is 5.29. The molecule has 0 aliphatic heterocycles. The Morgan fingerprint density at radius 2 is 1.52 bits per heavy atom. The first kappa shape index (κ1) is 28.7. The summed E-state index contributed by atoms with van der Waals surface area (Å²) >= 11 is 0. The first-order valence-corrected chi connectivity index (χ1v) is 11.0.